The molecule has 2 heterocycles. The van der Waals surface area contributed by atoms with Gasteiger partial charge in [-0.2, -0.15) is 0 Å². The maximum Gasteiger partial charge on any atom is 0.150 e. The van der Waals surface area contributed by atoms with Crippen molar-refractivity contribution in [2.45, 2.75) is 45.1 Å². The first-order valence-corrected chi connectivity index (χ1v) is 15.2. The summed E-state index contributed by atoms with van der Waals surface area (Å²) in [5.41, 5.74) is 3.54. The number of fused-ring (bicyclic) bond motifs is 1. The van der Waals surface area contributed by atoms with Gasteiger partial charge in [-0.05, 0) is 86.3 Å². The number of allylic oxidation sites excluding steroid dienone is 1. The second kappa shape index (κ2) is 11.7. The van der Waals surface area contributed by atoms with E-state index in [9.17, 15) is 18.6 Å². The van der Waals surface area contributed by atoms with Crippen LogP contribution >= 0.6 is 11.6 Å². The van der Waals surface area contributed by atoms with Crippen LogP contribution in [0.15, 0.2) is 54.6 Å². The molecule has 0 radical (unpaired) electrons. The Kier molecular flexibility index (Phi) is 8.31. The highest BCUT2D eigenvalue weighted by Crippen LogP contribution is 2.50. The Balaban J connectivity index is 1.50. The number of ether oxygens (including phenoxy) is 2. The van der Waals surface area contributed by atoms with E-state index in [-0.39, 0.29) is 22.8 Å². The SMILES string of the molecule is CC1=C(c2cc(O)ccc2Cl)C(c2ccc(OC[C@H](C)N3CC[C@@H](C)C3)cc2)Oc2ccc(O)c(C[SH](=O)=O)c21. The third kappa shape index (κ3) is 5.80. The van der Waals surface area contributed by atoms with E-state index in [1.807, 2.05) is 31.2 Å². The van der Waals surface area contributed by atoms with Gasteiger partial charge in [0.15, 0.2) is 0 Å². The highest BCUT2D eigenvalue weighted by Gasteiger charge is 2.33. The molecule has 1 saturated heterocycles. The van der Waals surface area contributed by atoms with E-state index in [2.05, 4.69) is 18.7 Å². The Bertz CT molecular complexity index is 1510. The molecular formula is C31H34ClNO6S. The first-order chi connectivity index (χ1) is 19.1. The van der Waals surface area contributed by atoms with Crippen molar-refractivity contribution in [2.75, 3.05) is 19.7 Å². The summed E-state index contributed by atoms with van der Waals surface area (Å²) in [7, 11) is -2.80. The first kappa shape index (κ1) is 28.3. The maximum atomic E-state index is 11.7. The van der Waals surface area contributed by atoms with Crippen molar-refractivity contribution < 1.29 is 28.1 Å². The molecule has 3 aromatic rings. The van der Waals surface area contributed by atoms with Crippen LogP contribution in [0.3, 0.4) is 0 Å². The number of phenols is 2. The van der Waals surface area contributed by atoms with Crippen molar-refractivity contribution in [2.24, 2.45) is 5.92 Å². The number of benzene rings is 3. The van der Waals surface area contributed by atoms with Gasteiger partial charge in [-0.25, -0.2) is 8.42 Å². The molecule has 212 valence electrons. The number of likely N-dealkylation sites (tertiary alicyclic amines) is 1. The summed E-state index contributed by atoms with van der Waals surface area (Å²) in [5, 5.41) is 21.2. The summed E-state index contributed by atoms with van der Waals surface area (Å²) < 4.78 is 35.9. The van der Waals surface area contributed by atoms with Crippen molar-refractivity contribution >= 4 is 33.5 Å². The Morgan fingerprint density at radius 2 is 1.88 bits per heavy atom. The first-order valence-electron chi connectivity index (χ1n) is 13.4. The predicted octanol–water partition coefficient (Wildman–Crippen LogP) is 6.04. The molecule has 0 amide bonds. The van der Waals surface area contributed by atoms with Gasteiger partial charge in [-0.15, -0.1) is 0 Å². The van der Waals surface area contributed by atoms with Crippen LogP contribution in [0.2, 0.25) is 5.02 Å². The molecule has 9 heteroatoms. The van der Waals surface area contributed by atoms with Gasteiger partial charge in [0.1, 0.15) is 46.4 Å². The Hall–Kier alpha value is -3.20. The molecule has 0 spiro atoms. The predicted molar refractivity (Wildman–Crippen MR) is 158 cm³/mol. The monoisotopic (exact) mass is 583 g/mol. The molecule has 0 aromatic heterocycles. The van der Waals surface area contributed by atoms with Gasteiger partial charge in [0.2, 0.25) is 0 Å². The highest BCUT2D eigenvalue weighted by molar-refractivity contribution is 7.71. The molecule has 2 aliphatic heterocycles. The van der Waals surface area contributed by atoms with Crippen molar-refractivity contribution in [3.8, 4) is 23.0 Å². The zero-order valence-electron chi connectivity index (χ0n) is 22.8. The molecular weight excluding hydrogens is 550 g/mol. The molecule has 0 bridgehead atoms. The number of phenolic OH excluding ortho intramolecular Hbond substituents is 2. The molecule has 2 aliphatic rings. The lowest BCUT2D eigenvalue weighted by Crippen LogP contribution is -2.35. The number of nitrogens with zero attached hydrogens (tertiary/aromatic N) is 1. The van der Waals surface area contributed by atoms with E-state index in [0.29, 0.717) is 45.7 Å². The van der Waals surface area contributed by atoms with Crippen LogP contribution in [-0.4, -0.2) is 49.3 Å². The van der Waals surface area contributed by atoms with Gasteiger partial charge in [0.05, 0.1) is 5.75 Å². The van der Waals surface area contributed by atoms with Crippen molar-refractivity contribution in [1.29, 1.82) is 0 Å². The van der Waals surface area contributed by atoms with Crippen LogP contribution in [0, 0.1) is 5.92 Å². The van der Waals surface area contributed by atoms with Gasteiger partial charge >= 0.3 is 0 Å². The summed E-state index contributed by atoms with van der Waals surface area (Å²) in [6.07, 6.45) is 0.613. The molecule has 3 atom stereocenters. The van der Waals surface area contributed by atoms with E-state index in [4.69, 9.17) is 21.1 Å². The van der Waals surface area contributed by atoms with Crippen LogP contribution in [0.5, 0.6) is 23.0 Å². The summed E-state index contributed by atoms with van der Waals surface area (Å²) in [6, 6.07) is 15.8. The van der Waals surface area contributed by atoms with Crippen LogP contribution < -0.4 is 9.47 Å². The van der Waals surface area contributed by atoms with Gasteiger partial charge < -0.3 is 19.7 Å². The van der Waals surface area contributed by atoms with Crippen LogP contribution in [-0.2, 0) is 16.5 Å². The summed E-state index contributed by atoms with van der Waals surface area (Å²) in [6.45, 7) is 9.11. The fourth-order valence-electron chi connectivity index (χ4n) is 5.66. The Morgan fingerprint density at radius 3 is 2.55 bits per heavy atom. The molecule has 0 aliphatic carbocycles. The second-order valence-corrected chi connectivity index (χ2v) is 12.1. The minimum absolute atomic E-state index is 0.0354. The smallest absolute Gasteiger partial charge is 0.150 e. The number of rotatable bonds is 8. The van der Waals surface area contributed by atoms with Crippen molar-refractivity contribution in [1.82, 2.24) is 4.90 Å². The number of aromatic hydroxyl groups is 2. The molecule has 0 saturated carbocycles. The van der Waals surface area contributed by atoms with Crippen LogP contribution in [0.4, 0.5) is 0 Å². The molecule has 1 fully saturated rings. The van der Waals surface area contributed by atoms with Gasteiger partial charge in [0.25, 0.3) is 0 Å². The van der Waals surface area contributed by atoms with Crippen molar-refractivity contribution in [3.63, 3.8) is 0 Å². The molecule has 2 N–H and O–H groups in total. The zero-order chi connectivity index (χ0) is 28.6. The molecule has 40 heavy (non-hydrogen) atoms. The molecule has 1 unspecified atom stereocenters. The Labute approximate surface area is 241 Å². The largest absolute Gasteiger partial charge is 0.508 e. The van der Waals surface area contributed by atoms with Crippen LogP contribution in [0.1, 0.15) is 55.5 Å². The molecule has 5 rings (SSSR count). The zero-order valence-corrected chi connectivity index (χ0v) is 24.4. The third-order valence-corrected chi connectivity index (χ3v) is 8.72. The Morgan fingerprint density at radius 1 is 1.12 bits per heavy atom. The lowest BCUT2D eigenvalue weighted by atomic mass is 9.84. The average molecular weight is 584 g/mol. The van der Waals surface area contributed by atoms with Gasteiger partial charge in [-0.3, -0.25) is 4.90 Å². The quantitative estimate of drug-likeness (QED) is 0.278. The summed E-state index contributed by atoms with van der Waals surface area (Å²) in [4.78, 5) is 2.46. The van der Waals surface area contributed by atoms with E-state index in [1.165, 1.54) is 18.6 Å². The van der Waals surface area contributed by atoms with Crippen LogP contribution in [0.25, 0.3) is 11.1 Å². The highest BCUT2D eigenvalue weighted by atomic mass is 35.5. The van der Waals surface area contributed by atoms with E-state index < -0.39 is 16.8 Å². The van der Waals surface area contributed by atoms with E-state index in [1.54, 1.807) is 18.2 Å². The minimum atomic E-state index is -2.80. The maximum absolute atomic E-state index is 11.7. The minimum Gasteiger partial charge on any atom is -0.508 e. The lowest BCUT2D eigenvalue weighted by Gasteiger charge is -2.32. The number of hydrogen-bond donors (Lipinski definition) is 3. The second-order valence-electron chi connectivity index (χ2n) is 10.7. The lowest BCUT2D eigenvalue weighted by molar-refractivity contribution is 0.169. The topological polar surface area (TPSA) is 96.3 Å². The summed E-state index contributed by atoms with van der Waals surface area (Å²) in [5.74, 6) is 1.51. The normalized spacial score (nSPS) is 19.9. The average Bonchev–Trinajstić information content (AvgIpc) is 3.36. The number of thiol groups is 1. The number of halogens is 1. The molecule has 7 nitrogen and oxygen atoms in total. The van der Waals surface area contributed by atoms with Gasteiger partial charge in [-0.1, -0.05) is 30.7 Å². The van der Waals surface area contributed by atoms with E-state index >= 15 is 0 Å². The van der Waals surface area contributed by atoms with Crippen molar-refractivity contribution in [3.05, 3.63) is 81.9 Å². The van der Waals surface area contributed by atoms with E-state index in [0.717, 1.165) is 30.3 Å². The third-order valence-electron chi connectivity index (χ3n) is 7.82. The molecule has 3 aromatic carbocycles. The summed E-state index contributed by atoms with van der Waals surface area (Å²) >= 11 is 6.62. The number of hydrogen-bond acceptors (Lipinski definition) is 7. The standard InChI is InChI=1S/C31H34ClNO6S/c1-18-12-13-33(15-18)19(2)16-38-23-7-4-21(5-8-23)31-30(24-14-22(34)6-9-26(24)32)20(3)29-25(17-40(36)37)27(35)10-11-28(29)39-31/h4-11,14,18-19,31,34-35,40H,12-13,15-17H2,1-3H3/t18-,19+,31?/m1/s1. The fourth-order valence-corrected chi connectivity index (χ4v) is 6.46. The van der Waals surface area contributed by atoms with Gasteiger partial charge in [0, 0.05) is 39.9 Å². The fraction of sp³-hybridized carbons (Fsp3) is 0.355.